The van der Waals surface area contributed by atoms with Gasteiger partial charge in [-0.05, 0) is 68.4 Å². The minimum atomic E-state index is -0.545. The van der Waals surface area contributed by atoms with Crippen LogP contribution < -0.4 is 21.1 Å². The monoisotopic (exact) mass is 466 g/mol. The van der Waals surface area contributed by atoms with Gasteiger partial charge in [0.2, 0.25) is 17.8 Å². The number of ether oxygens (including phenoxy) is 2. The maximum absolute atomic E-state index is 13.0. The Morgan fingerprint density at radius 2 is 1.74 bits per heavy atom. The molecular formula is C24H30N6O4. The van der Waals surface area contributed by atoms with Gasteiger partial charge in [-0.2, -0.15) is 15.0 Å². The van der Waals surface area contributed by atoms with E-state index in [1.165, 1.54) is 19.3 Å². The quantitative estimate of drug-likeness (QED) is 0.500. The Kier molecular flexibility index (Phi) is 5.97. The minimum Gasteiger partial charge on any atom is -0.495 e. The first-order valence-corrected chi connectivity index (χ1v) is 11.8. The first-order chi connectivity index (χ1) is 16.4. The second kappa shape index (κ2) is 9.08. The first kappa shape index (κ1) is 22.4. The van der Waals surface area contributed by atoms with E-state index in [1.807, 2.05) is 18.2 Å². The van der Waals surface area contributed by atoms with Gasteiger partial charge in [0.25, 0.3) is 0 Å². The average Bonchev–Trinajstić information content (AvgIpc) is 2.80. The molecule has 4 aliphatic rings. The van der Waals surface area contributed by atoms with Crippen molar-refractivity contribution in [3.05, 3.63) is 30.1 Å². The molecular weight excluding hydrogens is 436 g/mol. The van der Waals surface area contributed by atoms with Gasteiger partial charge >= 0.3 is 5.97 Å². The number of benzene rings is 1. The standard InChI is InChI=1S/C24H30N6O4/c1-33-18-5-3-2-4-17(18)27-23-29-19(28-22(25)30-23)13-34-20(31)12-26-21(32)24-9-14-6-15(10-24)8-16(7-14)11-24/h2-5,14-16H,6-13H2,1H3,(H,26,32)(H3,25,27,28,29,30). The number of nitrogens with zero attached hydrogens (tertiary/aromatic N) is 3. The molecule has 0 spiro atoms. The number of para-hydroxylation sites is 2. The molecule has 0 atom stereocenters. The number of hydrogen-bond donors (Lipinski definition) is 3. The van der Waals surface area contributed by atoms with E-state index in [2.05, 4.69) is 25.6 Å². The highest BCUT2D eigenvalue weighted by Gasteiger charge is 2.54. The Morgan fingerprint density at radius 1 is 1.06 bits per heavy atom. The number of methoxy groups -OCH3 is 1. The van der Waals surface area contributed by atoms with Crippen LogP contribution in [0.15, 0.2) is 24.3 Å². The molecule has 4 bridgehead atoms. The van der Waals surface area contributed by atoms with Crippen LogP contribution in [0.2, 0.25) is 0 Å². The number of amides is 1. The predicted molar refractivity (Wildman–Crippen MR) is 124 cm³/mol. The molecule has 4 fully saturated rings. The van der Waals surface area contributed by atoms with Crippen LogP contribution in [-0.2, 0) is 20.9 Å². The molecule has 34 heavy (non-hydrogen) atoms. The number of carbonyl (C=O) groups is 2. The third-order valence-corrected chi connectivity index (χ3v) is 7.33. The molecule has 0 radical (unpaired) electrons. The first-order valence-electron chi connectivity index (χ1n) is 11.8. The van der Waals surface area contributed by atoms with Gasteiger partial charge in [0.1, 0.15) is 12.3 Å². The van der Waals surface area contributed by atoms with Gasteiger partial charge in [-0.15, -0.1) is 0 Å². The molecule has 10 nitrogen and oxygen atoms in total. The van der Waals surface area contributed by atoms with Crippen molar-refractivity contribution in [1.29, 1.82) is 0 Å². The van der Waals surface area contributed by atoms with Crippen molar-refractivity contribution >= 4 is 29.5 Å². The number of nitrogens with two attached hydrogens (primary N) is 1. The molecule has 4 N–H and O–H groups in total. The van der Waals surface area contributed by atoms with Crippen LogP contribution in [-0.4, -0.2) is 40.5 Å². The lowest BCUT2D eigenvalue weighted by Gasteiger charge is -2.55. The lowest BCUT2D eigenvalue weighted by Crippen LogP contribution is -2.54. The van der Waals surface area contributed by atoms with Crippen molar-refractivity contribution in [3.8, 4) is 5.75 Å². The fraction of sp³-hybridized carbons (Fsp3) is 0.542. The van der Waals surface area contributed by atoms with Crippen molar-refractivity contribution in [1.82, 2.24) is 20.3 Å². The van der Waals surface area contributed by atoms with Crippen LogP contribution in [0.4, 0.5) is 17.6 Å². The van der Waals surface area contributed by atoms with Crippen LogP contribution in [0.25, 0.3) is 0 Å². The summed E-state index contributed by atoms with van der Waals surface area (Å²) < 4.78 is 10.6. The summed E-state index contributed by atoms with van der Waals surface area (Å²) in [6.07, 6.45) is 6.64. The third kappa shape index (κ3) is 4.62. The average molecular weight is 467 g/mol. The van der Waals surface area contributed by atoms with Crippen molar-refractivity contribution in [2.75, 3.05) is 24.7 Å². The predicted octanol–water partition coefficient (Wildman–Crippen LogP) is 2.58. The fourth-order valence-corrected chi connectivity index (χ4v) is 6.35. The molecule has 6 rings (SSSR count). The van der Waals surface area contributed by atoms with Gasteiger partial charge in [-0.1, -0.05) is 12.1 Å². The van der Waals surface area contributed by atoms with Crippen LogP contribution >= 0.6 is 0 Å². The number of esters is 1. The molecule has 1 aromatic heterocycles. The van der Waals surface area contributed by atoms with E-state index < -0.39 is 5.97 Å². The smallest absolute Gasteiger partial charge is 0.325 e. The summed E-state index contributed by atoms with van der Waals surface area (Å²) >= 11 is 0. The zero-order valence-corrected chi connectivity index (χ0v) is 19.3. The van der Waals surface area contributed by atoms with Gasteiger partial charge in [0, 0.05) is 5.41 Å². The summed E-state index contributed by atoms with van der Waals surface area (Å²) in [5, 5.41) is 5.86. The maximum atomic E-state index is 13.0. The SMILES string of the molecule is COc1ccccc1Nc1nc(N)nc(COC(=O)CNC(=O)C23CC4CC(CC(C4)C2)C3)n1. The summed E-state index contributed by atoms with van der Waals surface area (Å²) in [4.78, 5) is 37.7. The molecule has 0 aliphatic heterocycles. The fourth-order valence-electron chi connectivity index (χ4n) is 6.35. The number of hydrogen-bond acceptors (Lipinski definition) is 9. The zero-order valence-electron chi connectivity index (χ0n) is 19.3. The highest BCUT2D eigenvalue weighted by atomic mass is 16.5. The summed E-state index contributed by atoms with van der Waals surface area (Å²) in [5.74, 6) is 2.46. The second-order valence-corrected chi connectivity index (χ2v) is 9.80. The van der Waals surface area contributed by atoms with Gasteiger partial charge < -0.3 is 25.8 Å². The number of rotatable bonds is 8. The summed E-state index contributed by atoms with van der Waals surface area (Å²) in [6.45, 7) is -0.354. The van der Waals surface area contributed by atoms with E-state index >= 15 is 0 Å². The molecule has 1 amide bonds. The van der Waals surface area contributed by atoms with E-state index in [0.29, 0.717) is 29.2 Å². The van der Waals surface area contributed by atoms with Gasteiger partial charge in [-0.25, -0.2) is 0 Å². The molecule has 0 saturated heterocycles. The van der Waals surface area contributed by atoms with E-state index in [1.54, 1.807) is 13.2 Å². The van der Waals surface area contributed by atoms with Crippen molar-refractivity contribution in [3.63, 3.8) is 0 Å². The number of nitrogen functional groups attached to an aromatic ring is 1. The molecule has 180 valence electrons. The maximum Gasteiger partial charge on any atom is 0.325 e. The zero-order chi connectivity index (χ0) is 23.7. The lowest BCUT2D eigenvalue weighted by molar-refractivity contribution is -0.151. The van der Waals surface area contributed by atoms with Crippen molar-refractivity contribution in [2.24, 2.45) is 23.2 Å². The van der Waals surface area contributed by atoms with E-state index in [4.69, 9.17) is 15.2 Å². The molecule has 4 aliphatic carbocycles. The Labute approximate surface area is 198 Å². The minimum absolute atomic E-state index is 0.00347. The summed E-state index contributed by atoms with van der Waals surface area (Å²) in [6, 6.07) is 7.30. The normalized spacial score (nSPS) is 26.7. The molecule has 4 saturated carbocycles. The summed E-state index contributed by atoms with van der Waals surface area (Å²) in [5.41, 5.74) is 6.16. The van der Waals surface area contributed by atoms with E-state index in [-0.39, 0.29) is 42.2 Å². The van der Waals surface area contributed by atoms with E-state index in [9.17, 15) is 9.59 Å². The second-order valence-electron chi connectivity index (χ2n) is 9.80. The van der Waals surface area contributed by atoms with E-state index in [0.717, 1.165) is 19.3 Å². The lowest BCUT2D eigenvalue weighted by atomic mass is 9.49. The van der Waals surface area contributed by atoms with Crippen LogP contribution in [0.5, 0.6) is 5.75 Å². The number of carbonyl (C=O) groups excluding carboxylic acids is 2. The Hall–Kier alpha value is -3.43. The summed E-state index contributed by atoms with van der Waals surface area (Å²) in [7, 11) is 1.56. The number of nitrogens with one attached hydrogen (secondary N) is 2. The van der Waals surface area contributed by atoms with Gasteiger partial charge in [-0.3, -0.25) is 9.59 Å². The molecule has 0 unspecified atom stereocenters. The Morgan fingerprint density at radius 3 is 2.41 bits per heavy atom. The largest absolute Gasteiger partial charge is 0.495 e. The highest BCUT2D eigenvalue weighted by molar-refractivity contribution is 5.86. The number of anilines is 3. The Balaban J connectivity index is 1.15. The molecule has 1 heterocycles. The van der Waals surface area contributed by atoms with Crippen LogP contribution in [0, 0.1) is 23.2 Å². The molecule has 10 heteroatoms. The van der Waals surface area contributed by atoms with Gasteiger partial charge in [0.15, 0.2) is 12.4 Å². The number of aromatic nitrogens is 3. The third-order valence-electron chi connectivity index (χ3n) is 7.33. The highest BCUT2D eigenvalue weighted by Crippen LogP contribution is 2.60. The topological polar surface area (TPSA) is 141 Å². The van der Waals surface area contributed by atoms with Crippen molar-refractivity contribution in [2.45, 2.75) is 45.1 Å². The molecule has 1 aromatic carbocycles. The van der Waals surface area contributed by atoms with Crippen LogP contribution in [0.3, 0.4) is 0 Å². The Bertz CT molecular complexity index is 1060. The van der Waals surface area contributed by atoms with Gasteiger partial charge in [0.05, 0.1) is 12.8 Å². The van der Waals surface area contributed by atoms with Crippen LogP contribution in [0.1, 0.15) is 44.3 Å². The molecule has 2 aromatic rings. The van der Waals surface area contributed by atoms with Crippen molar-refractivity contribution < 1.29 is 19.1 Å².